The second-order valence-electron chi connectivity index (χ2n) is 4.06. The highest BCUT2D eigenvalue weighted by Gasteiger charge is 2.17. The van der Waals surface area contributed by atoms with E-state index in [1.165, 1.54) is 6.33 Å². The Balaban J connectivity index is 2.06. The fraction of sp³-hybridized carbons (Fsp3) is 0. The Labute approximate surface area is 129 Å². The number of rotatable bonds is 3. The topological polar surface area (TPSA) is 92.7 Å². The van der Waals surface area contributed by atoms with Gasteiger partial charge in [0.15, 0.2) is 10.3 Å². The molecule has 0 aliphatic rings. The number of fused-ring (bicyclic) bond motifs is 1. The summed E-state index contributed by atoms with van der Waals surface area (Å²) in [6, 6.07) is 6.29. The van der Waals surface area contributed by atoms with Crippen molar-refractivity contribution in [1.29, 1.82) is 0 Å². The molecule has 0 saturated heterocycles. The Hall–Kier alpha value is -1.97. The molecule has 2 N–H and O–H groups in total. The maximum Gasteiger partial charge on any atom is 0.330 e. The average molecular weight is 342 g/mol. The molecule has 3 aromatic rings. The predicted molar refractivity (Wildman–Crippen MR) is 82.1 cm³/mol. The van der Waals surface area contributed by atoms with E-state index < -0.39 is 10.2 Å². The number of nitrogens with zero attached hydrogens (tertiary/aromatic N) is 3. The first-order valence-corrected chi connectivity index (χ1v) is 7.89. The Morgan fingerprint density at radius 2 is 1.95 bits per heavy atom. The first kappa shape index (κ1) is 14.0. The Morgan fingerprint density at radius 1 is 1.24 bits per heavy atom. The lowest BCUT2D eigenvalue weighted by Crippen LogP contribution is -2.21. The van der Waals surface area contributed by atoms with Crippen molar-refractivity contribution in [2.75, 3.05) is 4.72 Å². The molecule has 2 aromatic heterocycles. The molecule has 0 atom stereocenters. The van der Waals surface area contributed by atoms with E-state index in [1.807, 2.05) is 0 Å². The van der Waals surface area contributed by atoms with Crippen LogP contribution in [0.2, 0.25) is 5.02 Å². The van der Waals surface area contributed by atoms with Gasteiger partial charge in [-0.2, -0.15) is 12.4 Å². The quantitative estimate of drug-likeness (QED) is 0.713. The number of anilines is 1. The second-order valence-corrected chi connectivity index (χ2v) is 6.43. The van der Waals surface area contributed by atoms with Crippen LogP contribution in [-0.4, -0.2) is 27.3 Å². The summed E-state index contributed by atoms with van der Waals surface area (Å²) in [5.74, 6) is 0. The fourth-order valence-electron chi connectivity index (χ4n) is 1.73. The van der Waals surface area contributed by atoms with Crippen LogP contribution in [0.25, 0.3) is 11.2 Å². The van der Waals surface area contributed by atoms with Gasteiger partial charge in [-0.1, -0.05) is 23.8 Å². The van der Waals surface area contributed by atoms with Crippen molar-refractivity contribution in [2.24, 2.45) is 0 Å². The van der Waals surface area contributed by atoms with E-state index in [0.717, 1.165) is 10.3 Å². The molecule has 0 unspecified atom stereocenters. The number of hydrogen-bond donors (Lipinski definition) is 2. The van der Waals surface area contributed by atoms with Gasteiger partial charge in [0.25, 0.3) is 0 Å². The van der Waals surface area contributed by atoms with Gasteiger partial charge in [0, 0.05) is 5.02 Å². The van der Waals surface area contributed by atoms with Gasteiger partial charge in [0.2, 0.25) is 0 Å². The second kappa shape index (κ2) is 5.10. The Morgan fingerprint density at radius 3 is 2.67 bits per heavy atom. The molecular formula is C11H8ClN5O2S2. The highest BCUT2D eigenvalue weighted by atomic mass is 35.5. The predicted octanol–water partition coefficient (Wildman–Crippen LogP) is 2.35. The number of aromatic amines is 1. The monoisotopic (exact) mass is 341 g/mol. The molecular weight excluding hydrogens is 334 g/mol. The molecule has 2 heterocycles. The number of nitrogens with one attached hydrogen (secondary N) is 2. The van der Waals surface area contributed by atoms with E-state index >= 15 is 0 Å². The van der Waals surface area contributed by atoms with Gasteiger partial charge in [-0.05, 0) is 24.3 Å². The van der Waals surface area contributed by atoms with Crippen molar-refractivity contribution >= 4 is 50.9 Å². The van der Waals surface area contributed by atoms with Crippen LogP contribution in [0.5, 0.6) is 0 Å². The first-order valence-electron chi connectivity index (χ1n) is 5.67. The Bertz CT molecular complexity index is 962. The molecule has 0 fully saturated rings. The summed E-state index contributed by atoms with van der Waals surface area (Å²) >= 11 is 10.8. The van der Waals surface area contributed by atoms with Crippen LogP contribution in [0, 0.1) is 4.64 Å². The minimum absolute atomic E-state index is 0.226. The van der Waals surface area contributed by atoms with Crippen LogP contribution in [0.1, 0.15) is 0 Å². The number of halogens is 1. The van der Waals surface area contributed by atoms with E-state index in [1.54, 1.807) is 24.3 Å². The van der Waals surface area contributed by atoms with Gasteiger partial charge in [0.1, 0.15) is 11.8 Å². The zero-order valence-corrected chi connectivity index (χ0v) is 12.7. The molecule has 0 bridgehead atoms. The summed E-state index contributed by atoms with van der Waals surface area (Å²) in [6.45, 7) is 0. The number of hydrogen-bond acceptors (Lipinski definition) is 5. The van der Waals surface area contributed by atoms with E-state index in [-0.39, 0.29) is 10.3 Å². The molecule has 0 aliphatic heterocycles. The highest BCUT2D eigenvalue weighted by molar-refractivity contribution is 7.91. The van der Waals surface area contributed by atoms with Gasteiger partial charge in [-0.15, -0.1) is 0 Å². The third-order valence-corrected chi connectivity index (χ3v) is 4.51. The molecule has 3 rings (SSSR count). The molecule has 108 valence electrons. The van der Waals surface area contributed by atoms with Crippen molar-refractivity contribution in [2.45, 2.75) is 0 Å². The van der Waals surface area contributed by atoms with Gasteiger partial charge in [-0.3, -0.25) is 4.72 Å². The molecule has 0 radical (unpaired) electrons. The summed E-state index contributed by atoms with van der Waals surface area (Å²) in [5.41, 5.74) is 0.944. The van der Waals surface area contributed by atoms with Crippen molar-refractivity contribution < 1.29 is 8.42 Å². The summed E-state index contributed by atoms with van der Waals surface area (Å²) in [4.78, 5) is 10.5. The standard InChI is InChI=1S/C11H8ClN5O2S2/c12-7-1-3-8(4-2-7)16-21(18,19)17-6-15-9-10(17)13-5-14-11(9)20/h1-6,16H,(H,13,14,20). The minimum atomic E-state index is -3.87. The normalized spacial score (nSPS) is 11.7. The molecule has 7 nitrogen and oxygen atoms in total. The average Bonchev–Trinajstić information content (AvgIpc) is 2.87. The summed E-state index contributed by atoms with van der Waals surface area (Å²) in [7, 11) is -3.87. The smallest absolute Gasteiger partial charge is 0.330 e. The van der Waals surface area contributed by atoms with Crippen LogP contribution in [-0.2, 0) is 10.2 Å². The third kappa shape index (κ3) is 2.62. The van der Waals surface area contributed by atoms with E-state index in [0.29, 0.717) is 16.2 Å². The first-order chi connectivity index (χ1) is 9.97. The fourth-order valence-corrected chi connectivity index (χ4v) is 3.14. The lowest BCUT2D eigenvalue weighted by atomic mass is 10.3. The Kier molecular flexibility index (Phi) is 3.40. The van der Waals surface area contributed by atoms with Crippen LogP contribution >= 0.6 is 23.8 Å². The van der Waals surface area contributed by atoms with Gasteiger partial charge >= 0.3 is 10.2 Å². The maximum absolute atomic E-state index is 12.4. The number of H-pyrrole nitrogens is 1. The summed E-state index contributed by atoms with van der Waals surface area (Å²) in [5, 5.41) is 0.515. The number of aromatic nitrogens is 4. The van der Waals surface area contributed by atoms with Crippen molar-refractivity contribution in [3.05, 3.63) is 46.6 Å². The lowest BCUT2D eigenvalue weighted by Gasteiger charge is -2.09. The molecule has 0 amide bonds. The van der Waals surface area contributed by atoms with Gasteiger partial charge in [-0.25, -0.2) is 9.97 Å². The largest absolute Gasteiger partial charge is 0.330 e. The van der Waals surface area contributed by atoms with E-state index in [9.17, 15) is 8.42 Å². The van der Waals surface area contributed by atoms with Crippen molar-refractivity contribution in [1.82, 2.24) is 18.9 Å². The van der Waals surface area contributed by atoms with Crippen LogP contribution in [0.4, 0.5) is 5.69 Å². The molecule has 0 saturated carbocycles. The lowest BCUT2D eigenvalue weighted by molar-refractivity contribution is 0.594. The molecule has 1 aromatic carbocycles. The number of benzene rings is 1. The van der Waals surface area contributed by atoms with Gasteiger partial charge < -0.3 is 4.98 Å². The number of imidazole rings is 1. The maximum atomic E-state index is 12.4. The van der Waals surface area contributed by atoms with Crippen molar-refractivity contribution in [3.8, 4) is 0 Å². The molecule has 21 heavy (non-hydrogen) atoms. The van der Waals surface area contributed by atoms with Crippen molar-refractivity contribution in [3.63, 3.8) is 0 Å². The summed E-state index contributed by atoms with van der Waals surface area (Å²) < 4.78 is 28.4. The third-order valence-electron chi connectivity index (χ3n) is 2.67. The van der Waals surface area contributed by atoms with Crippen LogP contribution in [0.15, 0.2) is 36.9 Å². The molecule has 10 heteroatoms. The van der Waals surface area contributed by atoms with Crippen LogP contribution in [0.3, 0.4) is 0 Å². The van der Waals surface area contributed by atoms with Gasteiger partial charge in [0.05, 0.1) is 12.0 Å². The molecule has 0 spiro atoms. The van der Waals surface area contributed by atoms with Crippen LogP contribution < -0.4 is 4.72 Å². The van der Waals surface area contributed by atoms with E-state index in [4.69, 9.17) is 23.8 Å². The zero-order chi connectivity index (χ0) is 15.0. The zero-order valence-electron chi connectivity index (χ0n) is 10.3. The van der Waals surface area contributed by atoms with E-state index in [2.05, 4.69) is 19.7 Å². The highest BCUT2D eigenvalue weighted by Crippen LogP contribution is 2.17. The minimum Gasteiger partial charge on any atom is -0.330 e. The summed E-state index contributed by atoms with van der Waals surface area (Å²) in [6.07, 6.45) is 2.48. The molecule has 0 aliphatic carbocycles. The SMILES string of the molecule is O=S(=O)(Nc1ccc(Cl)cc1)n1cnc2c(=S)nc[nH]c21.